The van der Waals surface area contributed by atoms with Gasteiger partial charge in [0.1, 0.15) is 5.15 Å². The van der Waals surface area contributed by atoms with Crippen molar-refractivity contribution >= 4 is 35.0 Å². The third-order valence-electron chi connectivity index (χ3n) is 3.40. The Balaban J connectivity index is 2.29. The zero-order valence-corrected chi connectivity index (χ0v) is 12.3. The van der Waals surface area contributed by atoms with Gasteiger partial charge in [-0.15, -0.1) is 0 Å². The molecule has 7 heteroatoms. The molecule has 2 N–H and O–H groups in total. The summed E-state index contributed by atoms with van der Waals surface area (Å²) in [6.45, 7) is -0.111. The summed E-state index contributed by atoms with van der Waals surface area (Å²) in [5.41, 5.74) is 5.49. The molecule has 0 spiro atoms. The van der Waals surface area contributed by atoms with Gasteiger partial charge in [-0.1, -0.05) is 36.0 Å². The highest BCUT2D eigenvalue weighted by atomic mass is 35.5. The molecule has 1 heterocycles. The van der Waals surface area contributed by atoms with Gasteiger partial charge in [-0.2, -0.15) is 0 Å². The number of nitrogens with two attached hydrogens (primary N) is 1. The SMILES string of the molecule is NC(=O)CN(C(=O)c1cc(Cl)ncc1Cl)C1CCCC1. The van der Waals surface area contributed by atoms with E-state index < -0.39 is 5.91 Å². The molecule has 1 saturated carbocycles. The van der Waals surface area contributed by atoms with Gasteiger partial charge in [0.2, 0.25) is 5.91 Å². The van der Waals surface area contributed by atoms with E-state index >= 15 is 0 Å². The predicted octanol–water partition coefficient (Wildman–Crippen LogP) is 2.26. The van der Waals surface area contributed by atoms with Crippen molar-refractivity contribution in [1.82, 2.24) is 9.88 Å². The monoisotopic (exact) mass is 315 g/mol. The second-order valence-electron chi connectivity index (χ2n) is 4.82. The number of carbonyl (C=O) groups is 2. The van der Waals surface area contributed by atoms with E-state index in [2.05, 4.69) is 4.98 Å². The summed E-state index contributed by atoms with van der Waals surface area (Å²) in [4.78, 5) is 29.1. The first-order chi connectivity index (χ1) is 9.49. The number of primary amides is 1. The number of amides is 2. The Hall–Kier alpha value is -1.33. The van der Waals surface area contributed by atoms with Gasteiger partial charge < -0.3 is 10.6 Å². The van der Waals surface area contributed by atoms with Crippen LogP contribution in [-0.4, -0.2) is 34.3 Å². The first kappa shape index (κ1) is 15.1. The first-order valence-corrected chi connectivity index (χ1v) is 7.15. The molecule has 0 radical (unpaired) electrons. The lowest BCUT2D eigenvalue weighted by Gasteiger charge is -2.28. The summed E-state index contributed by atoms with van der Waals surface area (Å²) in [5, 5.41) is 0.398. The Morgan fingerprint density at radius 3 is 2.60 bits per heavy atom. The van der Waals surface area contributed by atoms with Crippen molar-refractivity contribution in [2.45, 2.75) is 31.7 Å². The van der Waals surface area contributed by atoms with E-state index in [4.69, 9.17) is 28.9 Å². The van der Waals surface area contributed by atoms with Crippen LogP contribution in [0.15, 0.2) is 12.3 Å². The smallest absolute Gasteiger partial charge is 0.256 e. The molecule has 2 amide bonds. The van der Waals surface area contributed by atoms with E-state index in [-0.39, 0.29) is 34.2 Å². The zero-order valence-electron chi connectivity index (χ0n) is 10.8. The van der Waals surface area contributed by atoms with Crippen LogP contribution in [-0.2, 0) is 4.79 Å². The fraction of sp³-hybridized carbons (Fsp3) is 0.462. The van der Waals surface area contributed by atoms with Gasteiger partial charge in [0.25, 0.3) is 5.91 Å². The van der Waals surface area contributed by atoms with Gasteiger partial charge in [-0.05, 0) is 18.9 Å². The second-order valence-corrected chi connectivity index (χ2v) is 5.62. The molecule has 0 unspecified atom stereocenters. The van der Waals surface area contributed by atoms with Crippen molar-refractivity contribution < 1.29 is 9.59 Å². The van der Waals surface area contributed by atoms with Crippen LogP contribution in [0.2, 0.25) is 10.2 Å². The second kappa shape index (κ2) is 6.41. The van der Waals surface area contributed by atoms with Crippen molar-refractivity contribution in [2.75, 3.05) is 6.54 Å². The maximum atomic E-state index is 12.6. The largest absolute Gasteiger partial charge is 0.368 e. The molecule has 2 rings (SSSR count). The van der Waals surface area contributed by atoms with Crippen LogP contribution in [0.3, 0.4) is 0 Å². The number of hydrogen-bond donors (Lipinski definition) is 1. The van der Waals surface area contributed by atoms with Crippen molar-refractivity contribution in [3.8, 4) is 0 Å². The number of pyridine rings is 1. The summed E-state index contributed by atoms with van der Waals surface area (Å²) in [6, 6.07) is 1.44. The minimum absolute atomic E-state index is 0.0259. The molecule has 0 aliphatic heterocycles. The van der Waals surface area contributed by atoms with Gasteiger partial charge >= 0.3 is 0 Å². The van der Waals surface area contributed by atoms with E-state index in [1.165, 1.54) is 17.2 Å². The number of carbonyl (C=O) groups excluding carboxylic acids is 2. The number of hydrogen-bond acceptors (Lipinski definition) is 3. The van der Waals surface area contributed by atoms with Crippen molar-refractivity contribution in [2.24, 2.45) is 5.73 Å². The van der Waals surface area contributed by atoms with Crippen LogP contribution in [0, 0.1) is 0 Å². The molecule has 1 aliphatic rings. The highest BCUT2D eigenvalue weighted by Crippen LogP contribution is 2.27. The molecule has 0 aromatic carbocycles. The van der Waals surface area contributed by atoms with Gasteiger partial charge in [0.05, 0.1) is 17.1 Å². The molecule has 1 fully saturated rings. The lowest BCUT2D eigenvalue weighted by molar-refractivity contribution is -0.119. The fourth-order valence-corrected chi connectivity index (χ4v) is 2.82. The van der Waals surface area contributed by atoms with Crippen LogP contribution in [0.25, 0.3) is 0 Å². The molecule has 5 nitrogen and oxygen atoms in total. The Morgan fingerprint density at radius 2 is 2.00 bits per heavy atom. The number of halogens is 2. The van der Waals surface area contributed by atoms with Crippen molar-refractivity contribution in [1.29, 1.82) is 0 Å². The van der Waals surface area contributed by atoms with Crippen LogP contribution in [0.5, 0.6) is 0 Å². The van der Waals surface area contributed by atoms with Gasteiger partial charge in [0, 0.05) is 12.2 Å². The Bertz CT molecular complexity index is 530. The molecular formula is C13H15Cl2N3O2. The third kappa shape index (κ3) is 3.41. The summed E-state index contributed by atoms with van der Waals surface area (Å²) >= 11 is 11.8. The summed E-state index contributed by atoms with van der Waals surface area (Å²) in [6.07, 6.45) is 5.15. The van der Waals surface area contributed by atoms with Crippen LogP contribution in [0.1, 0.15) is 36.0 Å². The molecule has 0 atom stereocenters. The Morgan fingerprint density at radius 1 is 1.35 bits per heavy atom. The van der Waals surface area contributed by atoms with E-state index in [0.717, 1.165) is 25.7 Å². The van der Waals surface area contributed by atoms with E-state index in [1.807, 2.05) is 0 Å². The number of nitrogens with zero attached hydrogens (tertiary/aromatic N) is 2. The first-order valence-electron chi connectivity index (χ1n) is 6.39. The number of aromatic nitrogens is 1. The van der Waals surface area contributed by atoms with Gasteiger partial charge in [0.15, 0.2) is 0 Å². The van der Waals surface area contributed by atoms with E-state index in [1.54, 1.807) is 0 Å². The molecular weight excluding hydrogens is 301 g/mol. The summed E-state index contributed by atoms with van der Waals surface area (Å²) in [5.74, 6) is -0.869. The average Bonchev–Trinajstić information content (AvgIpc) is 2.91. The summed E-state index contributed by atoms with van der Waals surface area (Å²) < 4.78 is 0. The van der Waals surface area contributed by atoms with Crippen LogP contribution >= 0.6 is 23.2 Å². The number of rotatable bonds is 4. The zero-order chi connectivity index (χ0) is 14.7. The minimum Gasteiger partial charge on any atom is -0.368 e. The molecule has 1 aliphatic carbocycles. The molecule has 20 heavy (non-hydrogen) atoms. The molecule has 0 saturated heterocycles. The highest BCUT2D eigenvalue weighted by Gasteiger charge is 2.29. The van der Waals surface area contributed by atoms with Crippen molar-refractivity contribution in [3.05, 3.63) is 28.0 Å². The lowest BCUT2D eigenvalue weighted by atomic mass is 10.1. The molecule has 108 valence electrons. The maximum absolute atomic E-state index is 12.6. The topological polar surface area (TPSA) is 76.3 Å². The van der Waals surface area contributed by atoms with Crippen LogP contribution < -0.4 is 5.73 Å². The third-order valence-corrected chi connectivity index (χ3v) is 3.91. The van der Waals surface area contributed by atoms with E-state index in [9.17, 15) is 9.59 Å². The quantitative estimate of drug-likeness (QED) is 0.866. The minimum atomic E-state index is -0.540. The normalized spacial score (nSPS) is 15.3. The lowest BCUT2D eigenvalue weighted by Crippen LogP contribution is -2.44. The maximum Gasteiger partial charge on any atom is 0.256 e. The van der Waals surface area contributed by atoms with Gasteiger partial charge in [-0.3, -0.25) is 9.59 Å². The predicted molar refractivity (Wildman–Crippen MR) is 76.7 cm³/mol. The van der Waals surface area contributed by atoms with Crippen LogP contribution in [0.4, 0.5) is 0 Å². The Kier molecular flexibility index (Phi) is 4.83. The van der Waals surface area contributed by atoms with Gasteiger partial charge in [-0.25, -0.2) is 4.98 Å². The molecule has 1 aromatic rings. The highest BCUT2D eigenvalue weighted by molar-refractivity contribution is 6.35. The standard InChI is InChI=1S/C13H15Cl2N3O2/c14-10-6-17-11(15)5-9(10)13(20)18(7-12(16)19)8-3-1-2-4-8/h5-6,8H,1-4,7H2,(H2,16,19). The van der Waals surface area contributed by atoms with Crippen molar-refractivity contribution in [3.63, 3.8) is 0 Å². The van der Waals surface area contributed by atoms with E-state index in [0.29, 0.717) is 0 Å². The Labute approximate surface area is 127 Å². The summed E-state index contributed by atoms with van der Waals surface area (Å²) in [7, 11) is 0. The molecule has 0 bridgehead atoms. The molecule has 1 aromatic heterocycles. The average molecular weight is 316 g/mol. The fourth-order valence-electron chi connectivity index (χ4n) is 2.48.